The molecule has 0 saturated carbocycles. The van der Waals surface area contributed by atoms with Crippen molar-refractivity contribution in [2.75, 3.05) is 6.61 Å². The van der Waals surface area contributed by atoms with E-state index in [2.05, 4.69) is 0 Å². The van der Waals surface area contributed by atoms with Crippen LogP contribution >= 0.6 is 0 Å². The van der Waals surface area contributed by atoms with Crippen molar-refractivity contribution in [1.29, 1.82) is 0 Å². The lowest BCUT2D eigenvalue weighted by atomic mass is 10.2. The van der Waals surface area contributed by atoms with Gasteiger partial charge in [-0.15, -0.1) is 0 Å². The third-order valence-corrected chi connectivity index (χ3v) is 2.45. The van der Waals surface area contributed by atoms with Crippen LogP contribution in [0.4, 0.5) is 4.39 Å². The van der Waals surface area contributed by atoms with Crippen LogP contribution in [0, 0.1) is 0 Å². The molecule has 1 rings (SSSR count). The molecule has 0 aromatic carbocycles. The van der Waals surface area contributed by atoms with Gasteiger partial charge in [-0.1, -0.05) is 0 Å². The normalized spacial score (nSPS) is 18.1. The van der Waals surface area contributed by atoms with Gasteiger partial charge in [0.05, 0.1) is 0 Å². The Balaban J connectivity index is 2.98. The van der Waals surface area contributed by atoms with E-state index in [1.165, 1.54) is 6.92 Å². The number of ether oxygens (including phenoxy) is 1. The van der Waals surface area contributed by atoms with Crippen LogP contribution in [0.25, 0.3) is 0 Å². The quantitative estimate of drug-likeness (QED) is 0.638. The Hall–Kier alpha value is -1.51. The molecule has 1 aromatic heterocycles. The van der Waals surface area contributed by atoms with E-state index in [-0.39, 0.29) is 0 Å². The van der Waals surface area contributed by atoms with Gasteiger partial charge in [0.1, 0.15) is 18.9 Å². The van der Waals surface area contributed by atoms with Crippen molar-refractivity contribution in [2.24, 2.45) is 0 Å². The van der Waals surface area contributed by atoms with Crippen molar-refractivity contribution in [3.63, 3.8) is 0 Å². The Morgan fingerprint density at radius 3 is 2.61 bits per heavy atom. The Morgan fingerprint density at radius 1 is 1.56 bits per heavy atom. The van der Waals surface area contributed by atoms with Gasteiger partial charge in [0.2, 0.25) is 0 Å². The minimum absolute atomic E-state index is 0.590. The maximum absolute atomic E-state index is 13.9. The van der Waals surface area contributed by atoms with E-state index < -0.39 is 36.0 Å². The van der Waals surface area contributed by atoms with Crippen molar-refractivity contribution in [3.05, 3.63) is 33.1 Å². The van der Waals surface area contributed by atoms with Gasteiger partial charge < -0.3 is 14.9 Å². The molecule has 0 aliphatic carbocycles. The van der Waals surface area contributed by atoms with Crippen LogP contribution in [0.5, 0.6) is 0 Å². The third-order valence-electron chi connectivity index (χ3n) is 2.45. The molecule has 0 aliphatic rings. The fourth-order valence-corrected chi connectivity index (χ4v) is 1.32. The van der Waals surface area contributed by atoms with Gasteiger partial charge in [0, 0.05) is 12.3 Å². The summed E-state index contributed by atoms with van der Waals surface area (Å²) in [6.45, 7) is 1.39. The molecule has 8 heteroatoms. The monoisotopic (exact) mass is 262 g/mol. The van der Waals surface area contributed by atoms with Crippen LogP contribution < -0.4 is 11.2 Å². The molecule has 0 aliphatic heterocycles. The molecule has 1 aromatic rings. The fraction of sp³-hybridized carbons (Fsp3) is 0.600. The molecule has 0 spiro atoms. The second-order valence-corrected chi connectivity index (χ2v) is 3.85. The molecule has 1 unspecified atom stereocenters. The van der Waals surface area contributed by atoms with E-state index in [4.69, 9.17) is 9.84 Å². The Kier molecular flexibility index (Phi) is 4.38. The van der Waals surface area contributed by atoms with E-state index in [0.29, 0.717) is 0 Å². The largest absolute Gasteiger partial charge is 0.390 e. The number of nitrogens with zero attached hydrogens (tertiary/aromatic N) is 1. The Bertz CT molecular complexity index is 511. The molecule has 7 nitrogen and oxygen atoms in total. The number of alkyl halides is 1. The van der Waals surface area contributed by atoms with E-state index in [0.717, 1.165) is 23.8 Å². The fourth-order valence-electron chi connectivity index (χ4n) is 1.32. The van der Waals surface area contributed by atoms with Crippen LogP contribution in [0.3, 0.4) is 0 Å². The first-order chi connectivity index (χ1) is 8.30. The lowest BCUT2D eigenvalue weighted by molar-refractivity contribution is -0.257. The maximum atomic E-state index is 13.9. The van der Waals surface area contributed by atoms with Crippen LogP contribution in [-0.2, 0) is 4.74 Å². The summed E-state index contributed by atoms with van der Waals surface area (Å²) in [5.74, 6) is -2.69. The molecule has 1 heterocycles. The first-order valence-electron chi connectivity index (χ1n) is 5.27. The van der Waals surface area contributed by atoms with Crippen LogP contribution in [0.1, 0.15) is 20.1 Å². The molecular formula is C10H15FN2O5. The Morgan fingerprint density at radius 2 is 2.17 bits per heavy atom. The summed E-state index contributed by atoms with van der Waals surface area (Å²) in [5.41, 5.74) is -1.37. The van der Waals surface area contributed by atoms with Crippen molar-refractivity contribution in [3.8, 4) is 0 Å². The van der Waals surface area contributed by atoms with Crippen molar-refractivity contribution in [2.45, 2.75) is 32.0 Å². The molecule has 0 radical (unpaired) electrons. The molecule has 3 N–H and O–H groups in total. The van der Waals surface area contributed by atoms with Crippen molar-refractivity contribution < 1.29 is 19.3 Å². The van der Waals surface area contributed by atoms with E-state index in [1.807, 2.05) is 4.98 Å². The number of hydrogen-bond acceptors (Lipinski definition) is 5. The number of hydrogen-bond donors (Lipinski definition) is 3. The van der Waals surface area contributed by atoms with Gasteiger partial charge in [-0.2, -0.15) is 0 Å². The van der Waals surface area contributed by atoms with Crippen molar-refractivity contribution >= 4 is 0 Å². The topological polar surface area (TPSA) is 105 Å². The lowest BCUT2D eigenvalue weighted by Crippen LogP contribution is -2.45. The summed E-state index contributed by atoms with van der Waals surface area (Å²) in [4.78, 5) is 24.2. The van der Waals surface area contributed by atoms with Crippen molar-refractivity contribution in [1.82, 2.24) is 9.55 Å². The average Bonchev–Trinajstić information content (AvgIpc) is 2.28. The number of nitrogens with one attached hydrogen (secondary N) is 1. The minimum atomic E-state index is -2.69. The van der Waals surface area contributed by atoms with Crippen LogP contribution in [-0.4, -0.2) is 38.3 Å². The summed E-state index contributed by atoms with van der Waals surface area (Å²) in [6.07, 6.45) is -1.56. The van der Waals surface area contributed by atoms with Gasteiger partial charge in [0.15, 0.2) is 0 Å². The summed E-state index contributed by atoms with van der Waals surface area (Å²) in [6, 6.07) is 1.07. The molecular weight excluding hydrogens is 247 g/mol. The highest BCUT2D eigenvalue weighted by atomic mass is 19.2. The molecule has 18 heavy (non-hydrogen) atoms. The summed E-state index contributed by atoms with van der Waals surface area (Å²) in [7, 11) is 0. The standard InChI is InChI=1S/C10H15FN2O5/c1-6(15)10(11,5-14)18-7(2)13-4-3-8(16)12-9(13)17/h3-4,6-7,14-15H,5H2,1-2H3,(H,12,16,17)/t6-,7+,10?/m0/s1. The molecule has 0 saturated heterocycles. The highest BCUT2D eigenvalue weighted by molar-refractivity contribution is 4.84. The maximum Gasteiger partial charge on any atom is 0.330 e. The third kappa shape index (κ3) is 3.03. The van der Waals surface area contributed by atoms with E-state index >= 15 is 0 Å². The highest BCUT2D eigenvalue weighted by Gasteiger charge is 2.38. The first-order valence-corrected chi connectivity index (χ1v) is 5.27. The number of H-pyrrole nitrogens is 1. The number of halogens is 1. The summed E-state index contributed by atoms with van der Waals surface area (Å²) in [5, 5.41) is 18.0. The van der Waals surface area contributed by atoms with E-state index in [1.54, 1.807) is 0 Å². The number of aliphatic hydroxyl groups is 2. The highest BCUT2D eigenvalue weighted by Crippen LogP contribution is 2.23. The zero-order chi connectivity index (χ0) is 13.9. The number of rotatable bonds is 5. The lowest BCUT2D eigenvalue weighted by Gasteiger charge is -2.29. The number of aliphatic hydroxyl groups excluding tert-OH is 2. The van der Waals surface area contributed by atoms with Gasteiger partial charge in [-0.3, -0.25) is 14.3 Å². The SMILES string of the molecule is C[C@H](O)C(F)(CO)O[C@H](C)n1ccc(=O)[nH]c1=O. The second-order valence-electron chi connectivity index (χ2n) is 3.85. The van der Waals surface area contributed by atoms with Crippen LogP contribution in [0.15, 0.2) is 21.9 Å². The summed E-state index contributed by atoms with van der Waals surface area (Å²) < 4.78 is 19.6. The number of aromatic amines is 1. The molecule has 0 fully saturated rings. The molecule has 3 atom stereocenters. The van der Waals surface area contributed by atoms with Gasteiger partial charge in [-0.05, 0) is 13.8 Å². The summed E-state index contributed by atoms with van der Waals surface area (Å²) >= 11 is 0. The predicted octanol–water partition coefficient (Wildman–Crippen LogP) is -0.889. The Labute approximate surface area is 101 Å². The van der Waals surface area contributed by atoms with Crippen LogP contribution in [0.2, 0.25) is 0 Å². The predicted molar refractivity (Wildman–Crippen MR) is 59.7 cm³/mol. The van der Waals surface area contributed by atoms with Gasteiger partial charge in [0.25, 0.3) is 11.4 Å². The van der Waals surface area contributed by atoms with Gasteiger partial charge >= 0.3 is 5.69 Å². The van der Waals surface area contributed by atoms with E-state index in [9.17, 15) is 19.1 Å². The zero-order valence-corrected chi connectivity index (χ0v) is 9.96. The average molecular weight is 262 g/mol. The molecule has 0 amide bonds. The molecule has 102 valence electrons. The number of aromatic nitrogens is 2. The molecule has 0 bridgehead atoms. The zero-order valence-electron chi connectivity index (χ0n) is 9.96. The minimum Gasteiger partial charge on any atom is -0.390 e. The second kappa shape index (κ2) is 5.42. The first kappa shape index (κ1) is 14.6. The smallest absolute Gasteiger partial charge is 0.330 e. The van der Waals surface area contributed by atoms with Gasteiger partial charge in [-0.25, -0.2) is 9.18 Å².